The Bertz CT molecular complexity index is 407. The lowest BCUT2D eigenvalue weighted by molar-refractivity contribution is -0.384. The first-order valence-electron chi connectivity index (χ1n) is 5.35. The molecule has 0 aliphatic heterocycles. The van der Waals surface area contributed by atoms with Crippen molar-refractivity contribution in [3.05, 3.63) is 33.9 Å². The minimum absolute atomic E-state index is 0.0165. The van der Waals surface area contributed by atoms with E-state index in [0.717, 1.165) is 5.56 Å². The quantitative estimate of drug-likeness (QED) is 0.526. The third kappa shape index (κ3) is 3.40. The molecule has 0 radical (unpaired) electrons. The van der Waals surface area contributed by atoms with Crippen LogP contribution in [0.15, 0.2) is 18.2 Å². The van der Waals surface area contributed by atoms with Gasteiger partial charge in [-0.1, -0.05) is 12.1 Å². The Balaban J connectivity index is 2.86. The topological polar surface area (TPSA) is 101 Å². The highest BCUT2D eigenvalue weighted by Gasteiger charge is 2.17. The van der Waals surface area contributed by atoms with E-state index in [1.807, 2.05) is 0 Å². The summed E-state index contributed by atoms with van der Waals surface area (Å²) in [6, 6.07) is 4.38. The second kappa shape index (κ2) is 5.60. The van der Waals surface area contributed by atoms with Gasteiger partial charge in [-0.2, -0.15) is 0 Å². The van der Waals surface area contributed by atoms with Crippen LogP contribution in [-0.2, 0) is 0 Å². The molecule has 0 aliphatic rings. The Labute approximate surface area is 99.6 Å². The number of nitrogens with zero attached hydrogens (tertiary/aromatic N) is 1. The maximum atomic E-state index is 10.8. The van der Waals surface area contributed by atoms with E-state index in [4.69, 9.17) is 5.73 Å². The predicted octanol–water partition coefficient (Wildman–Crippen LogP) is 1.02. The van der Waals surface area contributed by atoms with Crippen molar-refractivity contribution in [3.63, 3.8) is 0 Å². The number of aliphatic hydroxyl groups excluding tert-OH is 1. The zero-order chi connectivity index (χ0) is 13.0. The third-order valence-electron chi connectivity index (χ3n) is 2.58. The molecular formula is C11H17N3O3. The lowest BCUT2D eigenvalue weighted by Gasteiger charge is -2.17. The number of nitro groups is 1. The molecule has 0 saturated heterocycles. The normalized spacial score (nSPS) is 14.1. The minimum atomic E-state index is -0.662. The highest BCUT2D eigenvalue weighted by Crippen LogP contribution is 2.27. The number of benzene rings is 1. The third-order valence-corrected chi connectivity index (χ3v) is 2.58. The number of rotatable bonds is 5. The van der Waals surface area contributed by atoms with Gasteiger partial charge in [0.1, 0.15) is 5.69 Å². The molecule has 94 valence electrons. The molecule has 2 unspecified atom stereocenters. The maximum absolute atomic E-state index is 10.8. The van der Waals surface area contributed by atoms with Crippen molar-refractivity contribution < 1.29 is 10.0 Å². The van der Waals surface area contributed by atoms with Crippen molar-refractivity contribution >= 4 is 11.4 Å². The number of para-hydroxylation sites is 1. The van der Waals surface area contributed by atoms with Crippen LogP contribution in [0.3, 0.4) is 0 Å². The maximum Gasteiger partial charge on any atom is 0.292 e. The first kappa shape index (κ1) is 13.4. The number of hydrogen-bond acceptors (Lipinski definition) is 5. The van der Waals surface area contributed by atoms with E-state index in [1.165, 1.54) is 6.07 Å². The monoisotopic (exact) mass is 239 g/mol. The fourth-order valence-corrected chi connectivity index (χ4v) is 1.42. The lowest BCUT2D eigenvalue weighted by atomic mass is 10.1. The molecule has 0 amide bonds. The van der Waals surface area contributed by atoms with E-state index in [2.05, 4.69) is 5.32 Å². The molecule has 0 aliphatic carbocycles. The van der Waals surface area contributed by atoms with Gasteiger partial charge in [0, 0.05) is 18.7 Å². The smallest absolute Gasteiger partial charge is 0.292 e. The van der Waals surface area contributed by atoms with E-state index in [9.17, 15) is 15.2 Å². The van der Waals surface area contributed by atoms with Gasteiger partial charge in [-0.25, -0.2) is 0 Å². The fourth-order valence-electron chi connectivity index (χ4n) is 1.42. The van der Waals surface area contributed by atoms with Gasteiger partial charge in [-0.05, 0) is 19.4 Å². The average Bonchev–Trinajstić information content (AvgIpc) is 2.26. The van der Waals surface area contributed by atoms with Crippen LogP contribution < -0.4 is 11.1 Å². The van der Waals surface area contributed by atoms with Crippen molar-refractivity contribution in [2.45, 2.75) is 26.0 Å². The Kier molecular flexibility index (Phi) is 4.42. The largest absolute Gasteiger partial charge is 0.392 e. The molecular weight excluding hydrogens is 222 g/mol. The Morgan fingerprint density at radius 2 is 2.24 bits per heavy atom. The van der Waals surface area contributed by atoms with Crippen molar-refractivity contribution in [2.24, 2.45) is 5.73 Å². The summed E-state index contributed by atoms with van der Waals surface area (Å²) in [6.45, 7) is 3.64. The molecule has 0 spiro atoms. The van der Waals surface area contributed by atoms with Crippen LogP contribution in [-0.4, -0.2) is 28.7 Å². The summed E-state index contributed by atoms with van der Waals surface area (Å²) >= 11 is 0. The SMILES string of the molecule is Cc1cccc([N+](=O)[O-])c1NCC(N)C(C)O. The number of nitrogens with one attached hydrogen (secondary N) is 1. The van der Waals surface area contributed by atoms with E-state index in [1.54, 1.807) is 26.0 Å². The molecule has 1 rings (SSSR count). The van der Waals surface area contributed by atoms with Gasteiger partial charge in [0.25, 0.3) is 5.69 Å². The number of nitrogens with two attached hydrogens (primary N) is 1. The molecule has 0 aromatic heterocycles. The Morgan fingerprint density at radius 3 is 2.76 bits per heavy atom. The zero-order valence-corrected chi connectivity index (χ0v) is 9.88. The van der Waals surface area contributed by atoms with Crippen molar-refractivity contribution in [3.8, 4) is 0 Å². The average molecular weight is 239 g/mol. The molecule has 6 heteroatoms. The molecule has 1 aromatic rings. The van der Waals surface area contributed by atoms with Crippen molar-refractivity contribution in [1.82, 2.24) is 0 Å². The van der Waals surface area contributed by atoms with Gasteiger partial charge in [0.2, 0.25) is 0 Å². The van der Waals surface area contributed by atoms with Crippen LogP contribution in [0.5, 0.6) is 0 Å². The molecule has 0 bridgehead atoms. The van der Waals surface area contributed by atoms with Crippen molar-refractivity contribution in [1.29, 1.82) is 0 Å². The second-order valence-corrected chi connectivity index (χ2v) is 4.01. The Hall–Kier alpha value is -1.66. The van der Waals surface area contributed by atoms with Crippen LogP contribution in [0.4, 0.5) is 11.4 Å². The van der Waals surface area contributed by atoms with Gasteiger partial charge in [0.05, 0.1) is 11.0 Å². The number of aliphatic hydroxyl groups is 1. The van der Waals surface area contributed by atoms with Crippen LogP contribution in [0.25, 0.3) is 0 Å². The summed E-state index contributed by atoms with van der Waals surface area (Å²) in [5.41, 5.74) is 6.90. The van der Waals surface area contributed by atoms with E-state index in [0.29, 0.717) is 5.69 Å². The molecule has 0 saturated carbocycles. The van der Waals surface area contributed by atoms with E-state index < -0.39 is 17.1 Å². The predicted molar refractivity (Wildman–Crippen MR) is 66.0 cm³/mol. The number of aryl methyl sites for hydroxylation is 1. The molecule has 17 heavy (non-hydrogen) atoms. The van der Waals surface area contributed by atoms with Crippen LogP contribution in [0.1, 0.15) is 12.5 Å². The van der Waals surface area contributed by atoms with Gasteiger partial charge in [-0.3, -0.25) is 10.1 Å². The first-order valence-corrected chi connectivity index (χ1v) is 5.35. The number of hydrogen-bond donors (Lipinski definition) is 3. The first-order chi connectivity index (χ1) is 7.93. The second-order valence-electron chi connectivity index (χ2n) is 4.01. The van der Waals surface area contributed by atoms with Crippen LogP contribution in [0.2, 0.25) is 0 Å². The summed E-state index contributed by atoms with van der Waals surface area (Å²) in [4.78, 5) is 10.4. The van der Waals surface area contributed by atoms with Crippen molar-refractivity contribution in [2.75, 3.05) is 11.9 Å². The summed E-state index contributed by atoms with van der Waals surface area (Å²) in [5.74, 6) is 0. The molecule has 6 nitrogen and oxygen atoms in total. The summed E-state index contributed by atoms with van der Waals surface area (Å²) < 4.78 is 0. The molecule has 0 heterocycles. The van der Waals surface area contributed by atoms with Gasteiger partial charge in [-0.15, -0.1) is 0 Å². The number of nitro benzene ring substituents is 1. The Morgan fingerprint density at radius 1 is 1.59 bits per heavy atom. The molecule has 0 fully saturated rings. The summed E-state index contributed by atoms with van der Waals surface area (Å²) in [5, 5.41) is 23.0. The minimum Gasteiger partial charge on any atom is -0.392 e. The van der Waals surface area contributed by atoms with E-state index >= 15 is 0 Å². The zero-order valence-electron chi connectivity index (χ0n) is 9.88. The molecule has 2 atom stereocenters. The summed E-state index contributed by atoms with van der Waals surface area (Å²) in [6.07, 6.45) is -0.662. The summed E-state index contributed by atoms with van der Waals surface area (Å²) in [7, 11) is 0. The fraction of sp³-hybridized carbons (Fsp3) is 0.455. The van der Waals surface area contributed by atoms with Crippen LogP contribution >= 0.6 is 0 Å². The molecule has 1 aromatic carbocycles. The lowest BCUT2D eigenvalue weighted by Crippen LogP contribution is -2.38. The van der Waals surface area contributed by atoms with Crippen LogP contribution in [0, 0.1) is 17.0 Å². The highest BCUT2D eigenvalue weighted by atomic mass is 16.6. The highest BCUT2D eigenvalue weighted by molar-refractivity contribution is 5.66. The number of anilines is 1. The van der Waals surface area contributed by atoms with Gasteiger partial charge in [0.15, 0.2) is 0 Å². The molecule has 4 N–H and O–H groups in total. The van der Waals surface area contributed by atoms with Gasteiger partial charge >= 0.3 is 0 Å². The van der Waals surface area contributed by atoms with E-state index in [-0.39, 0.29) is 12.2 Å². The van der Waals surface area contributed by atoms with Gasteiger partial charge < -0.3 is 16.2 Å². The standard InChI is InChI=1S/C11H17N3O3/c1-7-4-3-5-10(14(16)17)11(7)13-6-9(12)8(2)15/h3-5,8-9,13,15H,6,12H2,1-2H3.